The van der Waals surface area contributed by atoms with Gasteiger partial charge in [-0.25, -0.2) is 4.98 Å². The molecule has 2 unspecified atom stereocenters. The van der Waals surface area contributed by atoms with Crippen LogP contribution in [0.5, 0.6) is 0 Å². The van der Waals surface area contributed by atoms with Gasteiger partial charge in [-0.1, -0.05) is 19.8 Å². The Morgan fingerprint density at radius 3 is 2.68 bits per heavy atom. The molecule has 3 heteroatoms. The lowest BCUT2D eigenvalue weighted by molar-refractivity contribution is 0.343. The molecule has 0 radical (unpaired) electrons. The number of nitrogens with one attached hydrogen (secondary N) is 1. The van der Waals surface area contributed by atoms with Crippen LogP contribution in [0.4, 0.5) is 0 Å². The lowest BCUT2D eigenvalue weighted by atomic mass is 9.83. The summed E-state index contributed by atoms with van der Waals surface area (Å²) in [6, 6.07) is 0. The van der Waals surface area contributed by atoms with Gasteiger partial charge in [-0.15, -0.1) is 11.3 Å². The quantitative estimate of drug-likeness (QED) is 0.873. The molecule has 19 heavy (non-hydrogen) atoms. The highest BCUT2D eigenvalue weighted by Crippen LogP contribution is 2.38. The minimum atomic E-state index is 0.177. The molecule has 2 atom stereocenters. The van der Waals surface area contributed by atoms with Gasteiger partial charge in [-0.3, -0.25) is 0 Å². The molecule has 1 aromatic rings. The Labute approximate surface area is 122 Å². The van der Waals surface area contributed by atoms with Crippen LogP contribution in [0, 0.1) is 12.8 Å². The van der Waals surface area contributed by atoms with E-state index in [1.807, 2.05) is 11.3 Å². The first-order valence-corrected chi connectivity index (χ1v) is 8.38. The summed E-state index contributed by atoms with van der Waals surface area (Å²) in [5.74, 6) is 1.59. The monoisotopic (exact) mass is 280 g/mol. The summed E-state index contributed by atoms with van der Waals surface area (Å²) in [5, 5.41) is 4.96. The van der Waals surface area contributed by atoms with E-state index in [0.29, 0.717) is 0 Å². The average molecular weight is 280 g/mol. The first-order valence-electron chi connectivity index (χ1n) is 7.56. The van der Waals surface area contributed by atoms with Crippen molar-refractivity contribution >= 4 is 11.3 Å². The molecular weight excluding hydrogens is 252 g/mol. The van der Waals surface area contributed by atoms with Crippen LogP contribution in [0.25, 0.3) is 0 Å². The highest BCUT2D eigenvalue weighted by atomic mass is 32.1. The number of aryl methyl sites for hydroxylation is 1. The fourth-order valence-electron chi connectivity index (χ4n) is 2.79. The molecule has 0 saturated heterocycles. The fourth-order valence-corrected chi connectivity index (χ4v) is 3.95. The Morgan fingerprint density at radius 1 is 1.32 bits per heavy atom. The van der Waals surface area contributed by atoms with Crippen LogP contribution in [0.1, 0.15) is 74.9 Å². The van der Waals surface area contributed by atoms with E-state index in [2.05, 4.69) is 39.9 Å². The maximum atomic E-state index is 4.85. The zero-order valence-corrected chi connectivity index (χ0v) is 13.9. The summed E-state index contributed by atoms with van der Waals surface area (Å²) in [5.41, 5.74) is 1.41. The molecular formula is C16H28N2S. The van der Waals surface area contributed by atoms with Crippen molar-refractivity contribution < 1.29 is 0 Å². The second kappa shape index (κ2) is 5.92. The van der Waals surface area contributed by atoms with Gasteiger partial charge in [0.1, 0.15) is 0 Å². The van der Waals surface area contributed by atoms with Gasteiger partial charge in [0.05, 0.1) is 10.7 Å². The lowest BCUT2D eigenvalue weighted by Gasteiger charge is -2.24. The van der Waals surface area contributed by atoms with E-state index >= 15 is 0 Å². The van der Waals surface area contributed by atoms with Crippen LogP contribution < -0.4 is 5.32 Å². The van der Waals surface area contributed by atoms with E-state index < -0.39 is 0 Å². The van der Waals surface area contributed by atoms with Crippen molar-refractivity contribution in [3.05, 3.63) is 15.6 Å². The maximum Gasteiger partial charge on any atom is 0.0962 e. The average Bonchev–Trinajstić information content (AvgIpc) is 2.67. The molecule has 2 nitrogen and oxygen atoms in total. The smallest absolute Gasteiger partial charge is 0.0962 e. The normalized spacial score (nSPS) is 24.7. The maximum absolute atomic E-state index is 4.85. The third kappa shape index (κ3) is 4.28. The van der Waals surface area contributed by atoms with Crippen LogP contribution in [0.15, 0.2) is 0 Å². The number of hydrogen-bond acceptors (Lipinski definition) is 3. The summed E-state index contributed by atoms with van der Waals surface area (Å²) in [6.07, 6.45) is 5.45. The molecule has 1 heterocycles. The van der Waals surface area contributed by atoms with Gasteiger partial charge < -0.3 is 5.32 Å². The fraction of sp³-hybridized carbons (Fsp3) is 0.812. The molecule has 1 aromatic heterocycles. The third-order valence-electron chi connectivity index (χ3n) is 3.97. The molecule has 0 aromatic carbocycles. The molecule has 0 aliphatic heterocycles. The molecule has 1 N–H and O–H groups in total. The van der Waals surface area contributed by atoms with E-state index in [1.165, 1.54) is 41.3 Å². The number of hydrogen-bond donors (Lipinski definition) is 1. The molecule has 108 valence electrons. The van der Waals surface area contributed by atoms with Crippen molar-refractivity contribution in [2.45, 2.75) is 78.3 Å². The highest BCUT2D eigenvalue weighted by molar-refractivity contribution is 7.11. The van der Waals surface area contributed by atoms with E-state index in [0.717, 1.165) is 18.4 Å². The van der Waals surface area contributed by atoms with Gasteiger partial charge in [-0.2, -0.15) is 0 Å². The zero-order valence-electron chi connectivity index (χ0n) is 13.0. The van der Waals surface area contributed by atoms with Crippen LogP contribution in [0.3, 0.4) is 0 Å². The van der Waals surface area contributed by atoms with Crippen LogP contribution in [0.2, 0.25) is 0 Å². The van der Waals surface area contributed by atoms with E-state index in [1.54, 1.807) is 0 Å². The SMILES string of the molecule is Cc1nc(C2CCCC(C)C2)sc1CNC(C)(C)C. The van der Waals surface area contributed by atoms with Gasteiger partial charge >= 0.3 is 0 Å². The van der Waals surface area contributed by atoms with Gasteiger partial charge in [0.15, 0.2) is 0 Å². The third-order valence-corrected chi connectivity index (χ3v) is 5.29. The standard InChI is InChI=1S/C16H28N2S/c1-11-7-6-8-13(9-11)15-18-12(2)14(19-15)10-17-16(3,4)5/h11,13,17H,6-10H2,1-5H3. The van der Waals surface area contributed by atoms with Crippen LogP contribution >= 0.6 is 11.3 Å². The first-order chi connectivity index (χ1) is 8.85. The molecule has 1 saturated carbocycles. The minimum Gasteiger partial charge on any atom is -0.307 e. The van der Waals surface area contributed by atoms with Crippen LogP contribution in [-0.2, 0) is 6.54 Å². The Kier molecular flexibility index (Phi) is 4.67. The van der Waals surface area contributed by atoms with Crippen molar-refractivity contribution in [2.24, 2.45) is 5.92 Å². The van der Waals surface area contributed by atoms with Gasteiger partial charge in [0, 0.05) is 22.9 Å². The highest BCUT2D eigenvalue weighted by Gasteiger charge is 2.24. The molecule has 1 fully saturated rings. The topological polar surface area (TPSA) is 24.9 Å². The lowest BCUT2D eigenvalue weighted by Crippen LogP contribution is -2.34. The predicted octanol–water partition coefficient (Wildman–Crippen LogP) is 4.63. The summed E-state index contributed by atoms with van der Waals surface area (Å²) in [4.78, 5) is 6.27. The molecule has 1 aliphatic rings. The molecule has 0 bridgehead atoms. The van der Waals surface area contributed by atoms with Crippen molar-refractivity contribution in [3.8, 4) is 0 Å². The summed E-state index contributed by atoms with van der Waals surface area (Å²) in [7, 11) is 0. The number of rotatable bonds is 3. The van der Waals surface area contributed by atoms with Gasteiger partial charge in [0.25, 0.3) is 0 Å². The minimum absolute atomic E-state index is 0.177. The summed E-state index contributed by atoms with van der Waals surface area (Å²) >= 11 is 1.94. The zero-order chi connectivity index (χ0) is 14.0. The van der Waals surface area contributed by atoms with Crippen molar-refractivity contribution in [1.29, 1.82) is 0 Å². The number of aromatic nitrogens is 1. The van der Waals surface area contributed by atoms with E-state index in [4.69, 9.17) is 4.98 Å². The van der Waals surface area contributed by atoms with Gasteiger partial charge in [0.2, 0.25) is 0 Å². The van der Waals surface area contributed by atoms with E-state index in [-0.39, 0.29) is 5.54 Å². The second-order valence-corrected chi connectivity index (χ2v) is 8.25. The first kappa shape index (κ1) is 15.0. The van der Waals surface area contributed by atoms with Crippen LogP contribution in [-0.4, -0.2) is 10.5 Å². The number of nitrogens with zero attached hydrogens (tertiary/aromatic N) is 1. The van der Waals surface area contributed by atoms with E-state index in [9.17, 15) is 0 Å². The predicted molar refractivity (Wildman–Crippen MR) is 83.8 cm³/mol. The Bertz CT molecular complexity index is 417. The van der Waals surface area contributed by atoms with Crippen molar-refractivity contribution in [2.75, 3.05) is 0 Å². The summed E-state index contributed by atoms with van der Waals surface area (Å²) < 4.78 is 0. The molecule has 0 spiro atoms. The Hall–Kier alpha value is -0.410. The largest absolute Gasteiger partial charge is 0.307 e. The second-order valence-electron chi connectivity index (χ2n) is 7.13. The number of thiazole rings is 1. The van der Waals surface area contributed by atoms with Crippen molar-refractivity contribution in [3.63, 3.8) is 0 Å². The molecule has 0 amide bonds. The van der Waals surface area contributed by atoms with Crippen molar-refractivity contribution in [1.82, 2.24) is 10.3 Å². The molecule has 2 rings (SSSR count). The Morgan fingerprint density at radius 2 is 2.05 bits per heavy atom. The Balaban J connectivity index is 2.03. The van der Waals surface area contributed by atoms with Gasteiger partial charge in [-0.05, 0) is 46.5 Å². The molecule has 1 aliphatic carbocycles. The summed E-state index contributed by atoms with van der Waals surface area (Å²) in [6.45, 7) is 12.1.